The highest BCUT2D eigenvalue weighted by Gasteiger charge is 2.03. The molecular weight excluding hydrogens is 312 g/mol. The van der Waals surface area contributed by atoms with Crippen LogP contribution in [0.15, 0.2) is 0 Å². The zero-order valence-corrected chi connectivity index (χ0v) is 11.5. The number of carbonyl (C=O) groups excluding carboxylic acids is 1. The van der Waals surface area contributed by atoms with Crippen LogP contribution in [0.25, 0.3) is 0 Å². The van der Waals surface area contributed by atoms with E-state index in [4.69, 9.17) is 9.47 Å². The summed E-state index contributed by atoms with van der Waals surface area (Å²) >= 11 is 0. The highest BCUT2D eigenvalue weighted by atomic mass is 17.0. The van der Waals surface area contributed by atoms with Gasteiger partial charge in [-0.2, -0.15) is 0 Å². The summed E-state index contributed by atoms with van der Waals surface area (Å²) in [6.07, 6.45) is -0.935. The van der Waals surface area contributed by atoms with Gasteiger partial charge in [0.25, 0.3) is 10.2 Å². The molecule has 0 bridgehead atoms. The van der Waals surface area contributed by atoms with E-state index in [1.54, 1.807) is 0 Å². The van der Waals surface area contributed by atoms with E-state index in [9.17, 15) is 25.0 Å². The van der Waals surface area contributed by atoms with Gasteiger partial charge in [0.2, 0.25) is 0 Å². The smallest absolute Gasteiger partial charge is 0.432 e. The molecule has 0 fully saturated rings. The molecular formula is C9H16N2O11. The molecule has 13 heteroatoms. The second kappa shape index (κ2) is 13.6. The predicted molar refractivity (Wildman–Crippen MR) is 64.8 cm³/mol. The fraction of sp³-hybridized carbons (Fsp3) is 0.889. The lowest BCUT2D eigenvalue weighted by Gasteiger charge is -2.07. The van der Waals surface area contributed by atoms with Crippen LogP contribution in [-0.4, -0.2) is 69.2 Å². The van der Waals surface area contributed by atoms with E-state index < -0.39 is 16.3 Å². The molecule has 22 heavy (non-hydrogen) atoms. The zero-order chi connectivity index (χ0) is 16.6. The Hall–Kier alpha value is -2.41. The molecule has 0 aliphatic rings. The van der Waals surface area contributed by atoms with Crippen molar-refractivity contribution in [2.75, 3.05) is 52.9 Å². The monoisotopic (exact) mass is 328 g/mol. The van der Waals surface area contributed by atoms with Gasteiger partial charge in [0.05, 0.1) is 26.4 Å². The first-order chi connectivity index (χ1) is 10.5. The van der Waals surface area contributed by atoms with E-state index >= 15 is 0 Å². The fourth-order valence-corrected chi connectivity index (χ4v) is 0.955. The molecule has 0 radical (unpaired) electrons. The van der Waals surface area contributed by atoms with Crippen molar-refractivity contribution in [3.63, 3.8) is 0 Å². The summed E-state index contributed by atoms with van der Waals surface area (Å²) in [5.41, 5.74) is 0. The van der Waals surface area contributed by atoms with Gasteiger partial charge in [0, 0.05) is 0 Å². The topological polar surface area (TPSA) is 159 Å². The highest BCUT2D eigenvalue weighted by Crippen LogP contribution is 1.88. The van der Waals surface area contributed by atoms with Crippen molar-refractivity contribution in [1.82, 2.24) is 0 Å². The largest absolute Gasteiger partial charge is 0.508 e. The van der Waals surface area contributed by atoms with E-state index in [-0.39, 0.29) is 52.9 Å². The normalized spacial score (nSPS) is 9.82. The van der Waals surface area contributed by atoms with Crippen molar-refractivity contribution < 1.29 is 43.6 Å². The van der Waals surface area contributed by atoms with E-state index in [1.165, 1.54) is 0 Å². The van der Waals surface area contributed by atoms with Crippen molar-refractivity contribution in [1.29, 1.82) is 0 Å². The van der Waals surface area contributed by atoms with Crippen LogP contribution in [0.1, 0.15) is 0 Å². The Morgan fingerprint density at radius 1 is 0.682 bits per heavy atom. The van der Waals surface area contributed by atoms with Gasteiger partial charge >= 0.3 is 6.16 Å². The highest BCUT2D eigenvalue weighted by molar-refractivity contribution is 5.59. The number of ether oxygens (including phenoxy) is 4. The number of hydrogen-bond donors (Lipinski definition) is 0. The molecule has 0 amide bonds. The van der Waals surface area contributed by atoms with Gasteiger partial charge in [-0.05, 0) is 0 Å². The fourth-order valence-electron chi connectivity index (χ4n) is 0.955. The molecule has 0 aliphatic heterocycles. The van der Waals surface area contributed by atoms with Crippen LogP contribution >= 0.6 is 0 Å². The second-order valence-electron chi connectivity index (χ2n) is 3.29. The van der Waals surface area contributed by atoms with Crippen molar-refractivity contribution >= 4 is 6.16 Å². The van der Waals surface area contributed by atoms with Crippen LogP contribution in [0.5, 0.6) is 0 Å². The van der Waals surface area contributed by atoms with Crippen molar-refractivity contribution in [3.8, 4) is 0 Å². The molecule has 0 aromatic heterocycles. The Balaban J connectivity index is 3.23. The lowest BCUT2D eigenvalue weighted by Crippen LogP contribution is -2.17. The van der Waals surface area contributed by atoms with Crippen LogP contribution < -0.4 is 0 Å². The average Bonchev–Trinajstić information content (AvgIpc) is 2.44. The van der Waals surface area contributed by atoms with Gasteiger partial charge in [0.1, 0.15) is 26.4 Å². The molecule has 13 nitrogen and oxygen atoms in total. The minimum absolute atomic E-state index is 0.0144. The molecule has 0 saturated carbocycles. The SMILES string of the molecule is O=C(OCCOCCO[N+](=O)[O-])OCCOCCO[N+](=O)[O-]. The first-order valence-corrected chi connectivity index (χ1v) is 6.02. The quantitative estimate of drug-likeness (QED) is 0.176. The summed E-state index contributed by atoms with van der Waals surface area (Å²) < 4.78 is 18.9. The molecule has 0 N–H and O–H groups in total. The molecule has 128 valence electrons. The summed E-state index contributed by atoms with van der Waals surface area (Å²) in [4.78, 5) is 38.5. The summed E-state index contributed by atoms with van der Waals surface area (Å²) in [5.74, 6) is 0. The first-order valence-electron chi connectivity index (χ1n) is 6.02. The van der Waals surface area contributed by atoms with Gasteiger partial charge in [-0.25, -0.2) is 4.79 Å². The second-order valence-corrected chi connectivity index (χ2v) is 3.29. The zero-order valence-electron chi connectivity index (χ0n) is 11.5. The van der Waals surface area contributed by atoms with Gasteiger partial charge < -0.3 is 28.6 Å². The van der Waals surface area contributed by atoms with Crippen molar-refractivity contribution in [2.45, 2.75) is 0 Å². The maximum atomic E-state index is 11.0. The Kier molecular flexibility index (Phi) is 12.1. The molecule has 0 aromatic rings. The van der Waals surface area contributed by atoms with E-state index in [0.717, 1.165) is 0 Å². The molecule has 0 saturated heterocycles. The Morgan fingerprint density at radius 3 is 1.41 bits per heavy atom. The Bertz CT molecular complexity index is 308. The molecule has 0 rings (SSSR count). The first kappa shape index (κ1) is 19.6. The standard InChI is InChI=1S/C9H16N2O11/c12-9(19-5-1-17-3-7-21-10(13)14)20-6-2-18-4-8-22-11(15)16/h1-8H2. The van der Waals surface area contributed by atoms with Crippen molar-refractivity contribution in [3.05, 3.63) is 20.2 Å². The predicted octanol–water partition coefficient (Wildman–Crippen LogP) is -0.411. The minimum Gasteiger partial charge on any atom is -0.432 e. The summed E-state index contributed by atoms with van der Waals surface area (Å²) in [6.45, 7) is -0.567. The number of rotatable bonds is 14. The van der Waals surface area contributed by atoms with Crippen molar-refractivity contribution in [2.24, 2.45) is 0 Å². The van der Waals surface area contributed by atoms with Crippen LogP contribution in [0.2, 0.25) is 0 Å². The lowest BCUT2D eigenvalue weighted by molar-refractivity contribution is -0.758. The Morgan fingerprint density at radius 2 is 1.05 bits per heavy atom. The number of hydrogen-bond acceptors (Lipinski definition) is 11. The third-order valence-electron chi connectivity index (χ3n) is 1.74. The van der Waals surface area contributed by atoms with Gasteiger partial charge in [-0.3, -0.25) is 0 Å². The minimum atomic E-state index is -0.942. The van der Waals surface area contributed by atoms with Gasteiger partial charge in [-0.15, -0.1) is 20.2 Å². The van der Waals surface area contributed by atoms with E-state index in [0.29, 0.717) is 0 Å². The molecule has 0 atom stereocenters. The van der Waals surface area contributed by atoms with Crippen LogP contribution in [0.4, 0.5) is 4.79 Å². The lowest BCUT2D eigenvalue weighted by atomic mass is 10.7. The molecule has 0 unspecified atom stereocenters. The molecule has 0 heterocycles. The molecule has 0 aliphatic carbocycles. The summed E-state index contributed by atoms with van der Waals surface area (Å²) in [6, 6.07) is 0. The molecule has 0 aromatic carbocycles. The summed E-state index contributed by atoms with van der Waals surface area (Å²) in [7, 11) is 0. The van der Waals surface area contributed by atoms with E-state index in [1.807, 2.05) is 0 Å². The summed E-state index contributed by atoms with van der Waals surface area (Å²) in [5, 5.41) is 17.7. The van der Waals surface area contributed by atoms with Gasteiger partial charge in [0.15, 0.2) is 0 Å². The van der Waals surface area contributed by atoms with Crippen LogP contribution in [0, 0.1) is 20.2 Å². The molecule has 0 spiro atoms. The maximum absolute atomic E-state index is 11.0. The third-order valence-corrected chi connectivity index (χ3v) is 1.74. The maximum Gasteiger partial charge on any atom is 0.508 e. The van der Waals surface area contributed by atoms with Crippen LogP contribution in [-0.2, 0) is 28.6 Å². The van der Waals surface area contributed by atoms with Crippen LogP contribution in [0.3, 0.4) is 0 Å². The van der Waals surface area contributed by atoms with E-state index in [2.05, 4.69) is 19.1 Å². The third kappa shape index (κ3) is 15.6. The Labute approximate surface area is 124 Å². The van der Waals surface area contributed by atoms with Gasteiger partial charge in [-0.1, -0.05) is 0 Å². The number of carbonyl (C=O) groups is 1. The number of nitrogens with zero attached hydrogens (tertiary/aromatic N) is 2. The average molecular weight is 328 g/mol.